The SMILES string of the molecule is O=C(NCc1ccc(Cl)cc1)c1ccc(O[C@@H]2CCSC2)nc1. The number of amides is 1. The number of nitrogens with zero attached hydrogens (tertiary/aromatic N) is 1. The number of thioether (sulfide) groups is 1. The van der Waals surface area contributed by atoms with Gasteiger partial charge in [0.2, 0.25) is 5.88 Å². The molecule has 1 fully saturated rings. The molecule has 2 aromatic rings. The van der Waals surface area contributed by atoms with Crippen LogP contribution in [0.25, 0.3) is 0 Å². The number of halogens is 1. The van der Waals surface area contributed by atoms with Crippen LogP contribution in [0, 0.1) is 0 Å². The second-order valence-corrected chi connectivity index (χ2v) is 6.88. The standard InChI is InChI=1S/C17H17ClN2O2S/c18-14-4-1-12(2-5-14)9-20-17(21)13-3-6-16(19-10-13)22-15-7-8-23-11-15/h1-6,10,15H,7-9,11H2,(H,20,21)/t15-/m1/s1. The van der Waals surface area contributed by atoms with Gasteiger partial charge in [0.15, 0.2) is 0 Å². The summed E-state index contributed by atoms with van der Waals surface area (Å²) in [5.74, 6) is 2.56. The van der Waals surface area contributed by atoms with Crippen molar-refractivity contribution in [2.24, 2.45) is 0 Å². The predicted molar refractivity (Wildman–Crippen MR) is 93.2 cm³/mol. The molecule has 1 amide bonds. The summed E-state index contributed by atoms with van der Waals surface area (Å²) >= 11 is 7.73. The van der Waals surface area contributed by atoms with Crippen LogP contribution >= 0.6 is 23.4 Å². The highest BCUT2D eigenvalue weighted by Gasteiger charge is 2.17. The third-order valence-electron chi connectivity index (χ3n) is 3.54. The topological polar surface area (TPSA) is 51.2 Å². The maximum Gasteiger partial charge on any atom is 0.253 e. The van der Waals surface area contributed by atoms with Crippen molar-refractivity contribution in [2.75, 3.05) is 11.5 Å². The Morgan fingerprint density at radius 1 is 1.30 bits per heavy atom. The Morgan fingerprint density at radius 3 is 2.78 bits per heavy atom. The van der Waals surface area contributed by atoms with Crippen LogP contribution in [-0.4, -0.2) is 28.5 Å². The Hall–Kier alpha value is -1.72. The zero-order valence-electron chi connectivity index (χ0n) is 12.5. The van der Waals surface area contributed by atoms with E-state index in [-0.39, 0.29) is 12.0 Å². The van der Waals surface area contributed by atoms with Crippen LogP contribution < -0.4 is 10.1 Å². The van der Waals surface area contributed by atoms with Crippen molar-refractivity contribution in [1.82, 2.24) is 10.3 Å². The van der Waals surface area contributed by atoms with E-state index in [1.165, 1.54) is 0 Å². The van der Waals surface area contributed by atoms with E-state index in [4.69, 9.17) is 16.3 Å². The fourth-order valence-corrected chi connectivity index (χ4v) is 3.47. The van der Waals surface area contributed by atoms with Crippen molar-refractivity contribution in [3.05, 3.63) is 58.7 Å². The van der Waals surface area contributed by atoms with Gasteiger partial charge in [0.25, 0.3) is 5.91 Å². The molecule has 120 valence electrons. The first kappa shape index (κ1) is 16.1. The molecule has 1 saturated heterocycles. The first-order valence-electron chi connectivity index (χ1n) is 7.44. The molecule has 1 aromatic heterocycles. The second-order valence-electron chi connectivity index (χ2n) is 5.30. The molecule has 0 radical (unpaired) electrons. The third-order valence-corrected chi connectivity index (χ3v) is 4.92. The van der Waals surface area contributed by atoms with Crippen LogP contribution in [0.1, 0.15) is 22.3 Å². The van der Waals surface area contributed by atoms with Crippen molar-refractivity contribution in [1.29, 1.82) is 0 Å². The van der Waals surface area contributed by atoms with E-state index in [0.717, 1.165) is 23.5 Å². The number of benzene rings is 1. The number of pyridine rings is 1. The Balaban J connectivity index is 1.53. The normalized spacial score (nSPS) is 17.0. The first-order valence-corrected chi connectivity index (χ1v) is 8.97. The summed E-state index contributed by atoms with van der Waals surface area (Å²) in [5.41, 5.74) is 1.52. The summed E-state index contributed by atoms with van der Waals surface area (Å²) in [7, 11) is 0. The quantitative estimate of drug-likeness (QED) is 0.897. The van der Waals surface area contributed by atoms with Gasteiger partial charge in [0.1, 0.15) is 6.10 Å². The number of carbonyl (C=O) groups is 1. The minimum atomic E-state index is -0.157. The Kier molecular flexibility index (Phi) is 5.41. The summed E-state index contributed by atoms with van der Waals surface area (Å²) in [5, 5.41) is 3.54. The molecule has 0 aliphatic carbocycles. The Morgan fingerprint density at radius 2 is 2.13 bits per heavy atom. The van der Waals surface area contributed by atoms with Gasteiger partial charge in [-0.1, -0.05) is 23.7 Å². The fraction of sp³-hybridized carbons (Fsp3) is 0.294. The molecule has 1 aromatic carbocycles. The second kappa shape index (κ2) is 7.70. The minimum Gasteiger partial charge on any atom is -0.473 e. The Labute approximate surface area is 144 Å². The van der Waals surface area contributed by atoms with Crippen LogP contribution in [-0.2, 0) is 6.54 Å². The molecule has 6 heteroatoms. The molecule has 1 N–H and O–H groups in total. The highest BCUT2D eigenvalue weighted by molar-refractivity contribution is 7.99. The van der Waals surface area contributed by atoms with E-state index < -0.39 is 0 Å². The summed E-state index contributed by atoms with van der Waals surface area (Å²) in [6.07, 6.45) is 2.83. The number of nitrogens with one attached hydrogen (secondary N) is 1. The number of carbonyl (C=O) groups excluding carboxylic acids is 1. The number of ether oxygens (including phenoxy) is 1. The zero-order chi connectivity index (χ0) is 16.1. The van der Waals surface area contributed by atoms with Gasteiger partial charge < -0.3 is 10.1 Å². The van der Waals surface area contributed by atoms with E-state index in [1.54, 1.807) is 30.5 Å². The van der Waals surface area contributed by atoms with Crippen molar-refractivity contribution >= 4 is 29.3 Å². The monoisotopic (exact) mass is 348 g/mol. The van der Waals surface area contributed by atoms with Gasteiger partial charge in [-0.05, 0) is 35.9 Å². The molecule has 23 heavy (non-hydrogen) atoms. The summed E-state index contributed by atoms with van der Waals surface area (Å²) in [4.78, 5) is 16.3. The molecule has 4 nitrogen and oxygen atoms in total. The molecule has 1 atom stereocenters. The van der Waals surface area contributed by atoms with Crippen LogP contribution in [0.2, 0.25) is 5.02 Å². The minimum absolute atomic E-state index is 0.157. The van der Waals surface area contributed by atoms with Crippen LogP contribution in [0.4, 0.5) is 0 Å². The largest absolute Gasteiger partial charge is 0.473 e. The van der Waals surface area contributed by atoms with Crippen LogP contribution in [0.3, 0.4) is 0 Å². The Bertz CT molecular complexity index is 655. The molecule has 0 unspecified atom stereocenters. The number of hydrogen-bond donors (Lipinski definition) is 1. The lowest BCUT2D eigenvalue weighted by Crippen LogP contribution is -2.23. The van der Waals surface area contributed by atoms with Gasteiger partial charge >= 0.3 is 0 Å². The van der Waals surface area contributed by atoms with Crippen molar-refractivity contribution in [3.8, 4) is 5.88 Å². The van der Waals surface area contributed by atoms with E-state index in [1.807, 2.05) is 23.9 Å². The molecule has 3 rings (SSSR count). The van der Waals surface area contributed by atoms with Gasteiger partial charge in [-0.15, -0.1) is 0 Å². The maximum absolute atomic E-state index is 12.1. The summed E-state index contributed by atoms with van der Waals surface area (Å²) in [6, 6.07) is 10.9. The van der Waals surface area contributed by atoms with E-state index in [9.17, 15) is 4.79 Å². The molecule has 0 spiro atoms. The average molecular weight is 349 g/mol. The van der Waals surface area contributed by atoms with Crippen molar-refractivity contribution < 1.29 is 9.53 Å². The molecule has 0 bridgehead atoms. The van der Waals surface area contributed by atoms with E-state index in [2.05, 4.69) is 10.3 Å². The van der Waals surface area contributed by atoms with Crippen molar-refractivity contribution in [2.45, 2.75) is 19.1 Å². The third kappa shape index (κ3) is 4.62. The molecule has 2 heterocycles. The lowest BCUT2D eigenvalue weighted by Gasteiger charge is -2.11. The van der Waals surface area contributed by atoms with E-state index in [0.29, 0.717) is 23.0 Å². The lowest BCUT2D eigenvalue weighted by atomic mass is 10.2. The lowest BCUT2D eigenvalue weighted by molar-refractivity contribution is 0.0950. The molecular weight excluding hydrogens is 332 g/mol. The van der Waals surface area contributed by atoms with Gasteiger partial charge in [0.05, 0.1) is 5.56 Å². The number of hydrogen-bond acceptors (Lipinski definition) is 4. The van der Waals surface area contributed by atoms with Gasteiger partial charge in [-0.3, -0.25) is 4.79 Å². The maximum atomic E-state index is 12.1. The average Bonchev–Trinajstić information content (AvgIpc) is 3.08. The van der Waals surface area contributed by atoms with Crippen LogP contribution in [0.5, 0.6) is 5.88 Å². The highest BCUT2D eigenvalue weighted by Crippen LogP contribution is 2.22. The van der Waals surface area contributed by atoms with E-state index >= 15 is 0 Å². The summed E-state index contributed by atoms with van der Waals surface area (Å²) in [6.45, 7) is 0.452. The van der Waals surface area contributed by atoms with Gasteiger partial charge in [-0.2, -0.15) is 11.8 Å². The summed E-state index contributed by atoms with van der Waals surface area (Å²) < 4.78 is 5.77. The van der Waals surface area contributed by atoms with Crippen molar-refractivity contribution in [3.63, 3.8) is 0 Å². The number of aromatic nitrogens is 1. The molecule has 0 saturated carbocycles. The molecular formula is C17H17ClN2O2S. The zero-order valence-corrected chi connectivity index (χ0v) is 14.1. The highest BCUT2D eigenvalue weighted by atomic mass is 35.5. The van der Waals surface area contributed by atoms with Gasteiger partial charge in [0, 0.05) is 29.6 Å². The predicted octanol–water partition coefficient (Wildman–Crippen LogP) is 3.55. The molecule has 1 aliphatic heterocycles. The number of rotatable bonds is 5. The van der Waals surface area contributed by atoms with Crippen LogP contribution in [0.15, 0.2) is 42.6 Å². The first-order chi connectivity index (χ1) is 11.2. The van der Waals surface area contributed by atoms with Gasteiger partial charge in [-0.25, -0.2) is 4.98 Å². The fourth-order valence-electron chi connectivity index (χ4n) is 2.25. The smallest absolute Gasteiger partial charge is 0.253 e. The molecule has 1 aliphatic rings.